The van der Waals surface area contributed by atoms with E-state index in [1.165, 1.54) is 0 Å². The SMILES string of the molecule is Cc1oc(C)c(C(=O)Cc2ccco2)c1C. The summed E-state index contributed by atoms with van der Waals surface area (Å²) < 4.78 is 10.6. The first kappa shape index (κ1) is 10.7. The van der Waals surface area contributed by atoms with Crippen molar-refractivity contribution in [3.63, 3.8) is 0 Å². The minimum absolute atomic E-state index is 0.0433. The third-order valence-electron chi connectivity index (χ3n) is 2.76. The molecule has 0 aliphatic carbocycles. The maximum Gasteiger partial charge on any atom is 0.174 e. The van der Waals surface area contributed by atoms with Gasteiger partial charge in [-0.05, 0) is 32.9 Å². The Kier molecular flexibility index (Phi) is 2.69. The quantitative estimate of drug-likeness (QED) is 0.743. The van der Waals surface area contributed by atoms with Gasteiger partial charge >= 0.3 is 0 Å². The number of rotatable bonds is 3. The molecule has 0 aliphatic rings. The molecule has 16 heavy (non-hydrogen) atoms. The monoisotopic (exact) mass is 218 g/mol. The fourth-order valence-corrected chi connectivity index (χ4v) is 1.86. The van der Waals surface area contributed by atoms with Crippen LogP contribution in [0.4, 0.5) is 0 Å². The van der Waals surface area contributed by atoms with Gasteiger partial charge in [0.25, 0.3) is 0 Å². The van der Waals surface area contributed by atoms with Gasteiger partial charge in [0.2, 0.25) is 0 Å². The van der Waals surface area contributed by atoms with Crippen molar-refractivity contribution in [3.05, 3.63) is 46.8 Å². The summed E-state index contributed by atoms with van der Waals surface area (Å²) in [6.45, 7) is 5.59. The van der Waals surface area contributed by atoms with E-state index in [2.05, 4.69) is 0 Å². The average Bonchev–Trinajstić information content (AvgIpc) is 2.77. The van der Waals surface area contributed by atoms with Gasteiger partial charge in [0, 0.05) is 5.56 Å². The molecule has 2 aromatic rings. The molecule has 0 radical (unpaired) electrons. The fraction of sp³-hybridized carbons (Fsp3) is 0.308. The minimum Gasteiger partial charge on any atom is -0.469 e. The maximum absolute atomic E-state index is 12.0. The van der Waals surface area contributed by atoms with Crippen LogP contribution in [-0.4, -0.2) is 5.78 Å². The number of furan rings is 2. The lowest BCUT2D eigenvalue weighted by Gasteiger charge is -1.98. The van der Waals surface area contributed by atoms with Crippen molar-refractivity contribution < 1.29 is 13.6 Å². The van der Waals surface area contributed by atoms with Gasteiger partial charge in [0.1, 0.15) is 17.3 Å². The number of hydrogen-bond acceptors (Lipinski definition) is 3. The zero-order valence-corrected chi connectivity index (χ0v) is 9.66. The van der Waals surface area contributed by atoms with E-state index in [9.17, 15) is 4.79 Å². The summed E-state index contributed by atoms with van der Waals surface area (Å²) >= 11 is 0. The van der Waals surface area contributed by atoms with E-state index in [0.29, 0.717) is 17.1 Å². The highest BCUT2D eigenvalue weighted by atomic mass is 16.3. The zero-order chi connectivity index (χ0) is 11.7. The van der Waals surface area contributed by atoms with Gasteiger partial charge in [-0.25, -0.2) is 0 Å². The van der Waals surface area contributed by atoms with E-state index in [4.69, 9.17) is 8.83 Å². The Balaban J connectivity index is 2.27. The molecule has 2 heterocycles. The second kappa shape index (κ2) is 4.00. The van der Waals surface area contributed by atoms with Crippen molar-refractivity contribution >= 4 is 5.78 Å². The van der Waals surface area contributed by atoms with Gasteiger partial charge in [-0.15, -0.1) is 0 Å². The molecule has 0 saturated carbocycles. The lowest BCUT2D eigenvalue weighted by atomic mass is 10.0. The largest absolute Gasteiger partial charge is 0.469 e. The van der Waals surface area contributed by atoms with Crippen molar-refractivity contribution in [2.45, 2.75) is 27.2 Å². The van der Waals surface area contributed by atoms with Gasteiger partial charge in [-0.3, -0.25) is 4.79 Å². The summed E-state index contributed by atoms with van der Waals surface area (Å²) in [5.41, 5.74) is 1.61. The predicted molar refractivity (Wildman–Crippen MR) is 59.7 cm³/mol. The van der Waals surface area contributed by atoms with Crippen LogP contribution in [0, 0.1) is 20.8 Å². The van der Waals surface area contributed by atoms with Crippen LogP contribution in [0.5, 0.6) is 0 Å². The minimum atomic E-state index is 0.0433. The number of carbonyl (C=O) groups is 1. The van der Waals surface area contributed by atoms with E-state index in [1.807, 2.05) is 20.8 Å². The van der Waals surface area contributed by atoms with E-state index in [-0.39, 0.29) is 12.2 Å². The normalized spacial score (nSPS) is 10.7. The van der Waals surface area contributed by atoms with E-state index < -0.39 is 0 Å². The van der Waals surface area contributed by atoms with E-state index in [0.717, 1.165) is 11.3 Å². The van der Waals surface area contributed by atoms with Crippen LogP contribution in [0.1, 0.15) is 33.2 Å². The van der Waals surface area contributed by atoms with E-state index in [1.54, 1.807) is 18.4 Å². The Hall–Kier alpha value is -1.77. The molecule has 0 amide bonds. The molecule has 84 valence electrons. The highest BCUT2D eigenvalue weighted by molar-refractivity contribution is 5.99. The Morgan fingerprint density at radius 2 is 2.00 bits per heavy atom. The molecular formula is C13H14O3. The second-order valence-corrected chi connectivity index (χ2v) is 3.89. The zero-order valence-electron chi connectivity index (χ0n) is 9.66. The Labute approximate surface area is 94.1 Å². The van der Waals surface area contributed by atoms with Crippen LogP contribution in [-0.2, 0) is 6.42 Å². The highest BCUT2D eigenvalue weighted by Crippen LogP contribution is 2.22. The van der Waals surface area contributed by atoms with Gasteiger partial charge in [-0.1, -0.05) is 0 Å². The standard InChI is InChI=1S/C13H14O3/c1-8-9(2)16-10(3)13(8)12(14)7-11-5-4-6-15-11/h4-6H,7H2,1-3H3. The third-order valence-corrected chi connectivity index (χ3v) is 2.76. The summed E-state index contributed by atoms with van der Waals surface area (Å²) in [5.74, 6) is 2.22. The molecule has 0 bridgehead atoms. The van der Waals surface area contributed by atoms with E-state index >= 15 is 0 Å². The molecule has 0 fully saturated rings. The predicted octanol–water partition coefficient (Wildman–Crippen LogP) is 3.22. The average molecular weight is 218 g/mol. The molecule has 0 aromatic carbocycles. The third kappa shape index (κ3) is 1.81. The van der Waals surface area contributed by atoms with Crippen LogP contribution in [0.15, 0.2) is 27.2 Å². The molecule has 0 unspecified atom stereocenters. The molecule has 0 aliphatic heterocycles. The Morgan fingerprint density at radius 1 is 1.25 bits per heavy atom. The molecular weight excluding hydrogens is 204 g/mol. The molecule has 0 N–H and O–H groups in total. The number of aryl methyl sites for hydroxylation is 2. The molecule has 0 saturated heterocycles. The van der Waals surface area contributed by atoms with Crippen molar-refractivity contribution in [2.75, 3.05) is 0 Å². The Bertz CT molecular complexity index is 504. The number of hydrogen-bond donors (Lipinski definition) is 0. The van der Waals surface area contributed by atoms with Gasteiger partial charge < -0.3 is 8.83 Å². The first-order valence-corrected chi connectivity index (χ1v) is 5.21. The first-order chi connectivity index (χ1) is 7.59. The summed E-state index contributed by atoms with van der Waals surface area (Å²) in [6, 6.07) is 3.58. The number of ketones is 1. The molecule has 2 rings (SSSR count). The Morgan fingerprint density at radius 3 is 2.50 bits per heavy atom. The van der Waals surface area contributed by atoms with Gasteiger partial charge in [0.15, 0.2) is 5.78 Å². The summed E-state index contributed by atoms with van der Waals surface area (Å²) in [7, 11) is 0. The number of Topliss-reactive ketones (excluding diaryl/α,β-unsaturated/α-hetero) is 1. The molecule has 2 aromatic heterocycles. The lowest BCUT2D eigenvalue weighted by molar-refractivity contribution is 0.0985. The lowest BCUT2D eigenvalue weighted by Crippen LogP contribution is -2.05. The molecule has 3 heteroatoms. The van der Waals surface area contributed by atoms with Gasteiger partial charge in [-0.2, -0.15) is 0 Å². The number of carbonyl (C=O) groups excluding carboxylic acids is 1. The topological polar surface area (TPSA) is 43.4 Å². The fourth-order valence-electron chi connectivity index (χ4n) is 1.86. The smallest absolute Gasteiger partial charge is 0.174 e. The van der Waals surface area contributed by atoms with Crippen LogP contribution < -0.4 is 0 Å². The first-order valence-electron chi connectivity index (χ1n) is 5.21. The molecule has 0 spiro atoms. The van der Waals surface area contributed by atoms with Gasteiger partial charge in [0.05, 0.1) is 18.2 Å². The van der Waals surface area contributed by atoms with Crippen LogP contribution in [0.25, 0.3) is 0 Å². The summed E-state index contributed by atoms with van der Waals surface area (Å²) in [6.07, 6.45) is 1.86. The molecule has 3 nitrogen and oxygen atoms in total. The van der Waals surface area contributed by atoms with Crippen LogP contribution in [0.2, 0.25) is 0 Å². The van der Waals surface area contributed by atoms with Crippen LogP contribution in [0.3, 0.4) is 0 Å². The van der Waals surface area contributed by atoms with Crippen molar-refractivity contribution in [3.8, 4) is 0 Å². The summed E-state index contributed by atoms with van der Waals surface area (Å²) in [5, 5.41) is 0. The summed E-state index contributed by atoms with van der Waals surface area (Å²) in [4.78, 5) is 12.0. The van der Waals surface area contributed by atoms with Crippen molar-refractivity contribution in [2.24, 2.45) is 0 Å². The van der Waals surface area contributed by atoms with Crippen molar-refractivity contribution in [1.29, 1.82) is 0 Å². The highest BCUT2D eigenvalue weighted by Gasteiger charge is 2.19. The maximum atomic E-state index is 12.0. The molecule has 0 atom stereocenters. The second-order valence-electron chi connectivity index (χ2n) is 3.89. The van der Waals surface area contributed by atoms with Crippen LogP contribution >= 0.6 is 0 Å². The van der Waals surface area contributed by atoms with Crippen molar-refractivity contribution in [1.82, 2.24) is 0 Å².